The largest absolute Gasteiger partial charge is 0.268 e. The fraction of sp³-hybridized carbons (Fsp3) is 0.417. The quantitative estimate of drug-likeness (QED) is 0.834. The minimum atomic E-state index is -3.71. The molecule has 5 heteroatoms. The van der Waals surface area contributed by atoms with Crippen LogP contribution in [0.1, 0.15) is 27.2 Å². The number of amides is 1. The highest BCUT2D eigenvalue weighted by atomic mass is 32.2. The molecule has 0 saturated heterocycles. The lowest BCUT2D eigenvalue weighted by atomic mass is 9.95. The van der Waals surface area contributed by atoms with Crippen LogP contribution >= 0.6 is 0 Å². The molecule has 0 bridgehead atoms. The van der Waals surface area contributed by atoms with E-state index in [2.05, 4.69) is 6.58 Å². The molecule has 1 heterocycles. The van der Waals surface area contributed by atoms with Crippen LogP contribution in [0.3, 0.4) is 0 Å². The smallest absolute Gasteiger partial charge is 0.266 e. The predicted octanol–water partition coefficient (Wildman–Crippen LogP) is 1.88. The number of rotatable bonds is 4. The Bertz CT molecular complexity index is 510. The maximum Gasteiger partial charge on any atom is 0.266 e. The molecule has 1 aliphatic rings. The Balaban J connectivity index is 3.35. The highest BCUT2D eigenvalue weighted by Gasteiger charge is 2.35. The number of nitrogens with one attached hydrogen (secondary N) is 1. The number of carbonyl (C=O) groups excluding carboxylic acids is 1. The van der Waals surface area contributed by atoms with Gasteiger partial charge in [-0.3, -0.25) is 4.79 Å². The van der Waals surface area contributed by atoms with Crippen molar-refractivity contribution in [1.29, 1.82) is 0 Å². The van der Waals surface area contributed by atoms with Crippen LogP contribution in [0.25, 0.3) is 0 Å². The number of hydrogen-bond donors (Lipinski definition) is 1. The average Bonchev–Trinajstić information content (AvgIpc) is 2.43. The van der Waals surface area contributed by atoms with E-state index in [1.165, 1.54) is 6.08 Å². The molecule has 1 rings (SSSR count). The van der Waals surface area contributed by atoms with Crippen molar-refractivity contribution in [3.8, 4) is 0 Å². The summed E-state index contributed by atoms with van der Waals surface area (Å²) in [7, 11) is -3.71. The van der Waals surface area contributed by atoms with E-state index < -0.39 is 15.9 Å². The van der Waals surface area contributed by atoms with Gasteiger partial charge in [-0.1, -0.05) is 26.5 Å². The van der Waals surface area contributed by atoms with Crippen LogP contribution in [0, 0.1) is 5.92 Å². The third-order valence-corrected chi connectivity index (χ3v) is 3.88. The van der Waals surface area contributed by atoms with Crippen LogP contribution in [-0.4, -0.2) is 14.3 Å². The van der Waals surface area contributed by atoms with Crippen molar-refractivity contribution in [3.05, 3.63) is 34.8 Å². The van der Waals surface area contributed by atoms with Crippen LogP contribution in [-0.2, 0) is 14.8 Å². The van der Waals surface area contributed by atoms with Gasteiger partial charge in [0.05, 0.1) is 10.5 Å². The summed E-state index contributed by atoms with van der Waals surface area (Å²) in [6.07, 6.45) is 3.65. The second-order valence-electron chi connectivity index (χ2n) is 4.29. The molecule has 4 nitrogen and oxygen atoms in total. The molecule has 0 radical (unpaired) electrons. The van der Waals surface area contributed by atoms with Crippen LogP contribution in [0.5, 0.6) is 0 Å². The zero-order valence-corrected chi connectivity index (χ0v) is 11.1. The molecule has 17 heavy (non-hydrogen) atoms. The molecular weight excluding hydrogens is 238 g/mol. The van der Waals surface area contributed by atoms with Gasteiger partial charge in [-0.05, 0) is 30.9 Å². The Morgan fingerprint density at radius 3 is 2.47 bits per heavy atom. The number of allylic oxidation sites excluding steroid dienone is 2. The number of hydrogen-bond acceptors (Lipinski definition) is 3. The molecule has 0 spiro atoms. The fourth-order valence-corrected chi connectivity index (χ4v) is 2.96. The lowest BCUT2D eigenvalue weighted by molar-refractivity contribution is -0.115. The first-order chi connectivity index (χ1) is 7.83. The van der Waals surface area contributed by atoms with Crippen molar-refractivity contribution < 1.29 is 13.2 Å². The van der Waals surface area contributed by atoms with Crippen molar-refractivity contribution in [2.24, 2.45) is 5.92 Å². The zero-order valence-electron chi connectivity index (χ0n) is 10.3. The molecule has 1 aliphatic heterocycles. The van der Waals surface area contributed by atoms with Gasteiger partial charge in [-0.25, -0.2) is 13.1 Å². The van der Waals surface area contributed by atoms with E-state index in [9.17, 15) is 13.2 Å². The van der Waals surface area contributed by atoms with Crippen molar-refractivity contribution in [2.45, 2.75) is 27.2 Å². The maximum absolute atomic E-state index is 11.7. The summed E-state index contributed by atoms with van der Waals surface area (Å²) in [4.78, 5) is 11.7. The summed E-state index contributed by atoms with van der Waals surface area (Å²) in [6, 6.07) is 0. The molecule has 94 valence electrons. The van der Waals surface area contributed by atoms with E-state index in [0.717, 1.165) is 5.57 Å². The van der Waals surface area contributed by atoms with Gasteiger partial charge in [-0.2, -0.15) is 0 Å². The van der Waals surface area contributed by atoms with Gasteiger partial charge in [0, 0.05) is 0 Å². The third kappa shape index (κ3) is 2.66. The SMILES string of the molecule is C=CC1=C(/C(=C\C)CC(C)C)C(=O)NS1(=O)=O. The Kier molecular flexibility index (Phi) is 3.93. The summed E-state index contributed by atoms with van der Waals surface area (Å²) in [5, 5.41) is 0. The molecule has 0 aliphatic carbocycles. The highest BCUT2D eigenvalue weighted by molar-refractivity contribution is 7.94. The van der Waals surface area contributed by atoms with Gasteiger partial charge in [0.15, 0.2) is 0 Å². The van der Waals surface area contributed by atoms with Crippen molar-refractivity contribution >= 4 is 15.9 Å². The first-order valence-electron chi connectivity index (χ1n) is 5.43. The average molecular weight is 255 g/mol. The Labute approximate surface area is 102 Å². The van der Waals surface area contributed by atoms with Gasteiger partial charge in [-0.15, -0.1) is 0 Å². The molecule has 1 amide bonds. The van der Waals surface area contributed by atoms with E-state index in [1.54, 1.807) is 13.0 Å². The lowest BCUT2D eigenvalue weighted by Crippen LogP contribution is -2.23. The second-order valence-corrected chi connectivity index (χ2v) is 5.94. The van der Waals surface area contributed by atoms with Crippen LogP contribution in [0.2, 0.25) is 0 Å². The molecule has 1 N–H and O–H groups in total. The highest BCUT2D eigenvalue weighted by Crippen LogP contribution is 2.29. The topological polar surface area (TPSA) is 63.2 Å². The van der Waals surface area contributed by atoms with Gasteiger partial charge in [0.2, 0.25) is 0 Å². The van der Waals surface area contributed by atoms with Crippen LogP contribution in [0.15, 0.2) is 34.8 Å². The van der Waals surface area contributed by atoms with E-state index >= 15 is 0 Å². The first kappa shape index (κ1) is 13.7. The van der Waals surface area contributed by atoms with E-state index in [0.29, 0.717) is 12.3 Å². The molecule has 0 aromatic carbocycles. The summed E-state index contributed by atoms with van der Waals surface area (Å²) >= 11 is 0. The minimum Gasteiger partial charge on any atom is -0.268 e. The fourth-order valence-electron chi connectivity index (χ4n) is 1.79. The summed E-state index contributed by atoms with van der Waals surface area (Å²) < 4.78 is 25.2. The molecule has 0 fully saturated rings. The zero-order chi connectivity index (χ0) is 13.2. The molecular formula is C12H17NO3S. The molecule has 0 aromatic rings. The van der Waals surface area contributed by atoms with Gasteiger partial charge < -0.3 is 0 Å². The normalized spacial score (nSPS) is 19.8. The van der Waals surface area contributed by atoms with E-state index in [1.807, 2.05) is 18.6 Å². The Hall–Kier alpha value is -1.36. The maximum atomic E-state index is 11.7. The van der Waals surface area contributed by atoms with Gasteiger partial charge in [0.25, 0.3) is 15.9 Å². The first-order valence-corrected chi connectivity index (χ1v) is 6.91. The standard InChI is InChI=1S/C12H17NO3S/c1-5-9(7-8(3)4)11-10(6-2)17(15,16)13-12(11)14/h5-6,8H,2,7H2,1,3-4H3,(H,13,14)/b9-5-. The number of carbonyl (C=O) groups is 1. The predicted molar refractivity (Wildman–Crippen MR) is 67.5 cm³/mol. The minimum absolute atomic E-state index is 0.0174. The van der Waals surface area contributed by atoms with Crippen LogP contribution < -0.4 is 4.72 Å². The van der Waals surface area contributed by atoms with Crippen molar-refractivity contribution in [3.63, 3.8) is 0 Å². The summed E-state index contributed by atoms with van der Waals surface area (Å²) in [5.41, 5.74) is 0.977. The number of sulfonamides is 1. The monoisotopic (exact) mass is 255 g/mol. The lowest BCUT2D eigenvalue weighted by Gasteiger charge is -2.09. The van der Waals surface area contributed by atoms with E-state index in [-0.39, 0.29) is 10.5 Å². The third-order valence-electron chi connectivity index (χ3n) is 2.47. The van der Waals surface area contributed by atoms with E-state index in [4.69, 9.17) is 0 Å². The summed E-state index contributed by atoms with van der Waals surface area (Å²) in [6.45, 7) is 9.28. The van der Waals surface area contributed by atoms with Gasteiger partial charge >= 0.3 is 0 Å². The Morgan fingerprint density at radius 1 is 1.47 bits per heavy atom. The van der Waals surface area contributed by atoms with Crippen molar-refractivity contribution in [2.75, 3.05) is 0 Å². The molecule has 0 atom stereocenters. The Morgan fingerprint density at radius 2 is 2.06 bits per heavy atom. The molecule has 0 unspecified atom stereocenters. The second kappa shape index (κ2) is 4.87. The molecule has 0 saturated carbocycles. The van der Waals surface area contributed by atoms with Gasteiger partial charge in [0.1, 0.15) is 0 Å². The van der Waals surface area contributed by atoms with Crippen molar-refractivity contribution in [1.82, 2.24) is 4.72 Å². The summed E-state index contributed by atoms with van der Waals surface area (Å²) in [5.74, 6) is -0.218. The van der Waals surface area contributed by atoms with Crippen LogP contribution in [0.4, 0.5) is 0 Å². The molecule has 0 aromatic heterocycles.